The molecule has 3 nitrogen and oxygen atoms in total. The van der Waals surface area contributed by atoms with Crippen LogP contribution in [0.3, 0.4) is 0 Å². The number of rotatable bonds is 7. The predicted octanol–water partition coefficient (Wildman–Crippen LogP) is 1.97. The van der Waals surface area contributed by atoms with Crippen LogP contribution in [-0.2, 0) is 6.54 Å². The number of aliphatic hydroxyl groups excluding tert-OH is 1. The van der Waals surface area contributed by atoms with Gasteiger partial charge in [0.1, 0.15) is 0 Å². The lowest BCUT2D eigenvalue weighted by Crippen LogP contribution is -2.41. The summed E-state index contributed by atoms with van der Waals surface area (Å²) < 4.78 is 0. The Morgan fingerprint density at radius 2 is 2.11 bits per heavy atom. The fourth-order valence-electron chi connectivity index (χ4n) is 2.97. The van der Waals surface area contributed by atoms with Crippen molar-refractivity contribution in [2.75, 3.05) is 32.8 Å². The van der Waals surface area contributed by atoms with Crippen LogP contribution in [0.15, 0.2) is 30.3 Å². The van der Waals surface area contributed by atoms with Crippen molar-refractivity contribution in [1.29, 1.82) is 0 Å². The van der Waals surface area contributed by atoms with E-state index in [-0.39, 0.29) is 6.61 Å². The van der Waals surface area contributed by atoms with E-state index in [9.17, 15) is 0 Å². The van der Waals surface area contributed by atoms with E-state index in [0.29, 0.717) is 6.04 Å². The molecule has 0 saturated carbocycles. The summed E-state index contributed by atoms with van der Waals surface area (Å²) >= 11 is 0. The van der Waals surface area contributed by atoms with Crippen LogP contribution in [0.5, 0.6) is 0 Å². The molecule has 1 fully saturated rings. The summed E-state index contributed by atoms with van der Waals surface area (Å²) in [5.41, 5.74) is 1.39. The van der Waals surface area contributed by atoms with Crippen molar-refractivity contribution in [3.63, 3.8) is 0 Å². The molecule has 1 aliphatic rings. The third-order valence-corrected chi connectivity index (χ3v) is 4.05. The molecule has 1 heterocycles. The van der Waals surface area contributed by atoms with Crippen molar-refractivity contribution in [3.05, 3.63) is 35.9 Å². The summed E-state index contributed by atoms with van der Waals surface area (Å²) in [4.78, 5) is 4.95. The van der Waals surface area contributed by atoms with E-state index >= 15 is 0 Å². The van der Waals surface area contributed by atoms with Gasteiger partial charge in [-0.1, -0.05) is 37.3 Å². The highest BCUT2D eigenvalue weighted by Crippen LogP contribution is 2.18. The van der Waals surface area contributed by atoms with E-state index in [2.05, 4.69) is 47.1 Å². The third-order valence-electron chi connectivity index (χ3n) is 4.05. The van der Waals surface area contributed by atoms with Crippen molar-refractivity contribution >= 4 is 0 Å². The first-order valence-corrected chi connectivity index (χ1v) is 7.44. The number of aliphatic hydroxyl groups is 1. The van der Waals surface area contributed by atoms with Gasteiger partial charge in [-0.25, -0.2) is 0 Å². The molecule has 106 valence electrons. The first-order valence-electron chi connectivity index (χ1n) is 7.44. The monoisotopic (exact) mass is 262 g/mol. The predicted molar refractivity (Wildman–Crippen MR) is 79.1 cm³/mol. The van der Waals surface area contributed by atoms with E-state index in [1.54, 1.807) is 0 Å². The second kappa shape index (κ2) is 7.63. The van der Waals surface area contributed by atoms with Crippen molar-refractivity contribution in [2.24, 2.45) is 0 Å². The molecule has 1 unspecified atom stereocenters. The van der Waals surface area contributed by atoms with E-state index in [1.165, 1.54) is 18.4 Å². The minimum absolute atomic E-state index is 0.279. The Morgan fingerprint density at radius 3 is 2.79 bits per heavy atom. The number of likely N-dealkylation sites (tertiary alicyclic amines) is 1. The van der Waals surface area contributed by atoms with Crippen LogP contribution >= 0.6 is 0 Å². The van der Waals surface area contributed by atoms with Gasteiger partial charge in [-0.05, 0) is 31.5 Å². The molecule has 0 radical (unpaired) electrons. The van der Waals surface area contributed by atoms with Gasteiger partial charge in [0.05, 0.1) is 6.61 Å². The van der Waals surface area contributed by atoms with Crippen LogP contribution in [0, 0.1) is 0 Å². The lowest BCUT2D eigenvalue weighted by molar-refractivity contribution is 0.144. The molecule has 1 atom stereocenters. The van der Waals surface area contributed by atoms with Crippen molar-refractivity contribution in [3.8, 4) is 0 Å². The lowest BCUT2D eigenvalue weighted by atomic mass is 10.1. The van der Waals surface area contributed by atoms with Crippen LogP contribution in [0.2, 0.25) is 0 Å². The lowest BCUT2D eigenvalue weighted by Gasteiger charge is -2.29. The smallest absolute Gasteiger partial charge is 0.0558 e. The summed E-state index contributed by atoms with van der Waals surface area (Å²) in [6.07, 6.45) is 2.54. The highest BCUT2D eigenvalue weighted by Gasteiger charge is 2.25. The maximum atomic E-state index is 9.12. The molecule has 0 bridgehead atoms. The van der Waals surface area contributed by atoms with Gasteiger partial charge in [0.2, 0.25) is 0 Å². The van der Waals surface area contributed by atoms with Crippen LogP contribution < -0.4 is 0 Å². The topological polar surface area (TPSA) is 26.7 Å². The van der Waals surface area contributed by atoms with Crippen LogP contribution in [0.4, 0.5) is 0 Å². The minimum Gasteiger partial charge on any atom is -0.395 e. The molecule has 19 heavy (non-hydrogen) atoms. The van der Waals surface area contributed by atoms with Gasteiger partial charge in [0.25, 0.3) is 0 Å². The summed E-state index contributed by atoms with van der Waals surface area (Å²) in [5, 5.41) is 9.12. The first-order chi connectivity index (χ1) is 9.33. The van der Waals surface area contributed by atoms with Crippen molar-refractivity contribution < 1.29 is 5.11 Å². The van der Waals surface area contributed by atoms with Crippen LogP contribution in [-0.4, -0.2) is 53.7 Å². The molecule has 1 aromatic carbocycles. The minimum atomic E-state index is 0.279. The number of hydrogen-bond donors (Lipinski definition) is 1. The molecule has 0 amide bonds. The van der Waals surface area contributed by atoms with E-state index in [4.69, 9.17) is 5.11 Å². The maximum Gasteiger partial charge on any atom is 0.0558 e. The summed E-state index contributed by atoms with van der Waals surface area (Å²) in [6, 6.07) is 11.3. The average molecular weight is 262 g/mol. The second-order valence-corrected chi connectivity index (χ2v) is 5.37. The number of likely N-dealkylation sites (N-methyl/N-ethyl adjacent to an activating group) is 1. The number of hydrogen-bond acceptors (Lipinski definition) is 3. The number of benzene rings is 1. The Balaban J connectivity index is 1.88. The molecule has 0 spiro atoms. The number of nitrogens with zero attached hydrogens (tertiary/aromatic N) is 2. The van der Waals surface area contributed by atoms with Gasteiger partial charge < -0.3 is 5.11 Å². The SMILES string of the molecule is CCN(Cc1ccccc1)CC1CCCN1CCO. The fourth-order valence-corrected chi connectivity index (χ4v) is 2.97. The van der Waals surface area contributed by atoms with Crippen LogP contribution in [0.25, 0.3) is 0 Å². The van der Waals surface area contributed by atoms with Gasteiger partial charge in [-0.2, -0.15) is 0 Å². The van der Waals surface area contributed by atoms with E-state index in [1.807, 2.05) is 0 Å². The van der Waals surface area contributed by atoms with Gasteiger partial charge in [-0.15, -0.1) is 0 Å². The Hall–Kier alpha value is -0.900. The normalized spacial score (nSPS) is 20.3. The van der Waals surface area contributed by atoms with Gasteiger partial charge in [-0.3, -0.25) is 9.80 Å². The largest absolute Gasteiger partial charge is 0.395 e. The molecule has 1 aromatic rings. The van der Waals surface area contributed by atoms with Crippen molar-refractivity contribution in [2.45, 2.75) is 32.4 Å². The Morgan fingerprint density at radius 1 is 1.32 bits per heavy atom. The van der Waals surface area contributed by atoms with E-state index < -0.39 is 0 Å². The molecule has 2 rings (SSSR count). The summed E-state index contributed by atoms with van der Waals surface area (Å²) in [5.74, 6) is 0. The quantitative estimate of drug-likeness (QED) is 0.814. The molecule has 0 aromatic heterocycles. The first kappa shape index (κ1) is 14.5. The Kier molecular flexibility index (Phi) is 5.83. The van der Waals surface area contributed by atoms with Crippen LogP contribution in [0.1, 0.15) is 25.3 Å². The molecular weight excluding hydrogens is 236 g/mol. The zero-order chi connectivity index (χ0) is 13.5. The molecule has 0 aliphatic carbocycles. The zero-order valence-electron chi connectivity index (χ0n) is 12.0. The average Bonchev–Trinajstić information content (AvgIpc) is 2.87. The number of β-amino-alcohol motifs (C(OH)–C–C–N with tert-alkyl or cyclic N) is 1. The third kappa shape index (κ3) is 4.30. The van der Waals surface area contributed by atoms with Gasteiger partial charge >= 0.3 is 0 Å². The molecule has 1 N–H and O–H groups in total. The Labute approximate surface area is 116 Å². The molecule has 1 aliphatic heterocycles. The second-order valence-electron chi connectivity index (χ2n) is 5.37. The zero-order valence-corrected chi connectivity index (χ0v) is 12.0. The molecular formula is C16H26N2O. The molecule has 3 heteroatoms. The summed E-state index contributed by atoms with van der Waals surface area (Å²) in [6.45, 7) is 7.71. The standard InChI is InChI=1S/C16H26N2O/c1-2-17(13-15-7-4-3-5-8-15)14-16-9-6-10-18(16)11-12-19/h3-5,7-8,16,19H,2,6,9-14H2,1H3. The van der Waals surface area contributed by atoms with Gasteiger partial charge in [0.15, 0.2) is 0 Å². The van der Waals surface area contributed by atoms with E-state index in [0.717, 1.165) is 32.7 Å². The van der Waals surface area contributed by atoms with Crippen molar-refractivity contribution in [1.82, 2.24) is 9.80 Å². The highest BCUT2D eigenvalue weighted by atomic mass is 16.3. The maximum absolute atomic E-state index is 9.12. The summed E-state index contributed by atoms with van der Waals surface area (Å²) in [7, 11) is 0. The Bertz CT molecular complexity index is 355. The highest BCUT2D eigenvalue weighted by molar-refractivity contribution is 5.14. The fraction of sp³-hybridized carbons (Fsp3) is 0.625. The molecule has 1 saturated heterocycles. The van der Waals surface area contributed by atoms with Gasteiger partial charge in [0, 0.05) is 25.7 Å².